The van der Waals surface area contributed by atoms with Gasteiger partial charge in [0.25, 0.3) is 0 Å². The topological polar surface area (TPSA) is 67.7 Å². The molecule has 0 aromatic carbocycles. The van der Waals surface area contributed by atoms with Gasteiger partial charge in [-0.15, -0.1) is 24.0 Å². The minimum absolute atomic E-state index is 0. The standard InChI is InChI=1S/C16H28N4O2.HI/c1-16(2,22-4)13-19-15(17-3)18-10-6-8-12-20-11-7-5-9-14(20)21;/h5,7,9,11H,6,8,10,12-13H2,1-4H3,(H2,17,18,19);1H. The molecule has 0 spiro atoms. The van der Waals surface area contributed by atoms with Crippen LogP contribution in [0.5, 0.6) is 0 Å². The number of aromatic nitrogens is 1. The molecular weight excluding hydrogens is 407 g/mol. The van der Waals surface area contributed by atoms with Gasteiger partial charge in [0, 0.05) is 46.1 Å². The van der Waals surface area contributed by atoms with Crippen LogP contribution in [0, 0.1) is 0 Å². The van der Waals surface area contributed by atoms with E-state index in [1.54, 1.807) is 30.9 Å². The molecule has 6 nitrogen and oxygen atoms in total. The Balaban J connectivity index is 0.00000484. The SMILES string of the molecule is CN=C(NCCCCn1ccccc1=O)NCC(C)(C)OC.I. The molecule has 0 amide bonds. The number of hydrogen-bond donors (Lipinski definition) is 2. The molecule has 0 saturated heterocycles. The summed E-state index contributed by atoms with van der Waals surface area (Å²) < 4.78 is 7.09. The van der Waals surface area contributed by atoms with E-state index in [0.717, 1.165) is 31.9 Å². The number of nitrogens with one attached hydrogen (secondary N) is 2. The van der Waals surface area contributed by atoms with Gasteiger partial charge in [-0.25, -0.2) is 0 Å². The van der Waals surface area contributed by atoms with Crippen LogP contribution < -0.4 is 16.2 Å². The van der Waals surface area contributed by atoms with Gasteiger partial charge in [0.15, 0.2) is 5.96 Å². The second-order valence-electron chi connectivity index (χ2n) is 5.76. The molecule has 1 rings (SSSR count). The average Bonchev–Trinajstić information content (AvgIpc) is 2.51. The molecule has 7 heteroatoms. The largest absolute Gasteiger partial charge is 0.377 e. The fourth-order valence-electron chi connectivity index (χ4n) is 1.85. The maximum absolute atomic E-state index is 11.6. The van der Waals surface area contributed by atoms with Crippen LogP contribution in [-0.2, 0) is 11.3 Å². The highest BCUT2D eigenvalue weighted by atomic mass is 127. The number of guanidine groups is 1. The van der Waals surface area contributed by atoms with Crippen molar-refractivity contribution in [3.8, 4) is 0 Å². The molecule has 23 heavy (non-hydrogen) atoms. The summed E-state index contributed by atoms with van der Waals surface area (Å²) in [6.45, 7) is 6.27. The van der Waals surface area contributed by atoms with E-state index in [0.29, 0.717) is 6.54 Å². The Hall–Kier alpha value is -1.09. The van der Waals surface area contributed by atoms with E-state index in [9.17, 15) is 4.79 Å². The van der Waals surface area contributed by atoms with Crippen molar-refractivity contribution in [1.82, 2.24) is 15.2 Å². The highest BCUT2D eigenvalue weighted by molar-refractivity contribution is 14.0. The summed E-state index contributed by atoms with van der Waals surface area (Å²) in [5, 5.41) is 6.50. The Morgan fingerprint density at radius 3 is 2.65 bits per heavy atom. The van der Waals surface area contributed by atoms with Gasteiger partial charge in [-0.2, -0.15) is 0 Å². The van der Waals surface area contributed by atoms with Crippen molar-refractivity contribution in [2.24, 2.45) is 4.99 Å². The fraction of sp³-hybridized carbons (Fsp3) is 0.625. The van der Waals surface area contributed by atoms with E-state index in [4.69, 9.17) is 4.74 Å². The van der Waals surface area contributed by atoms with E-state index in [1.165, 1.54) is 0 Å². The van der Waals surface area contributed by atoms with Crippen LogP contribution in [0.3, 0.4) is 0 Å². The van der Waals surface area contributed by atoms with E-state index >= 15 is 0 Å². The van der Waals surface area contributed by atoms with Crippen molar-refractivity contribution in [3.63, 3.8) is 0 Å². The molecule has 0 radical (unpaired) electrons. The number of rotatable bonds is 8. The lowest BCUT2D eigenvalue weighted by Crippen LogP contribution is -2.45. The molecule has 0 fully saturated rings. The van der Waals surface area contributed by atoms with Crippen molar-refractivity contribution < 1.29 is 4.74 Å². The molecule has 1 aromatic heterocycles. The first kappa shape index (κ1) is 21.9. The minimum Gasteiger partial charge on any atom is -0.377 e. The zero-order valence-corrected chi connectivity index (χ0v) is 16.8. The maximum Gasteiger partial charge on any atom is 0.250 e. The van der Waals surface area contributed by atoms with Gasteiger partial charge in [-0.3, -0.25) is 9.79 Å². The number of ether oxygens (including phenoxy) is 1. The third-order valence-electron chi connectivity index (χ3n) is 3.47. The predicted octanol–water partition coefficient (Wildman–Crippen LogP) is 1.84. The van der Waals surface area contributed by atoms with Gasteiger partial charge in [0.05, 0.1) is 5.60 Å². The maximum atomic E-state index is 11.6. The van der Waals surface area contributed by atoms with Crippen LogP contribution in [0.15, 0.2) is 34.2 Å². The van der Waals surface area contributed by atoms with Crippen LogP contribution in [0.25, 0.3) is 0 Å². The summed E-state index contributed by atoms with van der Waals surface area (Å²) >= 11 is 0. The Labute approximate surface area is 155 Å². The van der Waals surface area contributed by atoms with Gasteiger partial charge >= 0.3 is 0 Å². The third kappa shape index (κ3) is 8.95. The molecule has 1 heterocycles. The smallest absolute Gasteiger partial charge is 0.250 e. The lowest BCUT2D eigenvalue weighted by molar-refractivity contribution is 0.0268. The van der Waals surface area contributed by atoms with Crippen molar-refractivity contribution in [1.29, 1.82) is 0 Å². The number of halogens is 1. The third-order valence-corrected chi connectivity index (χ3v) is 3.47. The second-order valence-corrected chi connectivity index (χ2v) is 5.76. The number of aliphatic imine (C=N–C) groups is 1. The molecule has 0 bridgehead atoms. The zero-order valence-electron chi connectivity index (χ0n) is 14.5. The Morgan fingerprint density at radius 1 is 1.30 bits per heavy atom. The summed E-state index contributed by atoms with van der Waals surface area (Å²) in [5.74, 6) is 0.766. The number of unbranched alkanes of at least 4 members (excludes halogenated alkanes) is 1. The van der Waals surface area contributed by atoms with Gasteiger partial charge in [0.2, 0.25) is 5.56 Å². The van der Waals surface area contributed by atoms with Gasteiger partial charge < -0.3 is 19.9 Å². The molecule has 132 valence electrons. The van der Waals surface area contributed by atoms with E-state index < -0.39 is 0 Å². The average molecular weight is 436 g/mol. The fourth-order valence-corrected chi connectivity index (χ4v) is 1.85. The molecule has 1 aromatic rings. The van der Waals surface area contributed by atoms with Crippen LogP contribution >= 0.6 is 24.0 Å². The molecule has 0 aliphatic heterocycles. The van der Waals surface area contributed by atoms with E-state index in [2.05, 4.69) is 15.6 Å². The first-order valence-corrected chi connectivity index (χ1v) is 7.63. The Bertz CT molecular complexity index is 529. The van der Waals surface area contributed by atoms with Crippen LogP contribution in [0.2, 0.25) is 0 Å². The highest BCUT2D eigenvalue weighted by Gasteiger charge is 2.16. The normalized spacial score (nSPS) is 11.7. The number of methoxy groups -OCH3 is 1. The second kappa shape index (κ2) is 11.4. The van der Waals surface area contributed by atoms with Crippen molar-refractivity contribution in [2.75, 3.05) is 27.2 Å². The predicted molar refractivity (Wildman–Crippen MR) is 106 cm³/mol. The van der Waals surface area contributed by atoms with Crippen molar-refractivity contribution >= 4 is 29.9 Å². The minimum atomic E-state index is -0.230. The molecule has 0 unspecified atom stereocenters. The molecular formula is C16H29IN4O2. The number of nitrogens with zero attached hydrogens (tertiary/aromatic N) is 2. The summed E-state index contributed by atoms with van der Waals surface area (Å²) in [7, 11) is 3.45. The first-order chi connectivity index (χ1) is 10.5. The monoisotopic (exact) mass is 436 g/mol. The van der Waals surface area contributed by atoms with E-state index in [-0.39, 0.29) is 35.1 Å². The molecule has 0 aliphatic rings. The summed E-state index contributed by atoms with van der Waals surface area (Å²) in [6.07, 6.45) is 3.73. The van der Waals surface area contributed by atoms with Crippen molar-refractivity contribution in [3.05, 3.63) is 34.7 Å². The molecule has 0 saturated carbocycles. The summed E-state index contributed by atoms with van der Waals surface area (Å²) in [6, 6.07) is 5.22. The molecule has 0 aliphatic carbocycles. The lowest BCUT2D eigenvalue weighted by Gasteiger charge is -2.24. The van der Waals surface area contributed by atoms with Gasteiger partial charge in [0.1, 0.15) is 0 Å². The molecule has 0 atom stereocenters. The quantitative estimate of drug-likeness (QED) is 0.283. The Morgan fingerprint density at radius 2 is 2.04 bits per heavy atom. The van der Waals surface area contributed by atoms with Crippen molar-refractivity contribution in [2.45, 2.75) is 38.8 Å². The van der Waals surface area contributed by atoms with Gasteiger partial charge in [-0.1, -0.05) is 6.07 Å². The summed E-state index contributed by atoms with van der Waals surface area (Å²) in [5.41, 5.74) is -0.179. The Kier molecular flexibility index (Phi) is 10.9. The molecule has 2 N–H and O–H groups in total. The van der Waals surface area contributed by atoms with Crippen LogP contribution in [-0.4, -0.2) is 43.4 Å². The van der Waals surface area contributed by atoms with Gasteiger partial charge in [-0.05, 0) is 32.8 Å². The van der Waals surface area contributed by atoms with E-state index in [1.807, 2.05) is 26.1 Å². The summed E-state index contributed by atoms with van der Waals surface area (Å²) in [4.78, 5) is 15.7. The number of pyridine rings is 1. The number of hydrogen-bond acceptors (Lipinski definition) is 3. The first-order valence-electron chi connectivity index (χ1n) is 7.63. The lowest BCUT2D eigenvalue weighted by atomic mass is 10.1. The number of aryl methyl sites for hydroxylation is 1. The van der Waals surface area contributed by atoms with Crippen LogP contribution in [0.1, 0.15) is 26.7 Å². The zero-order chi connectivity index (χ0) is 16.4. The van der Waals surface area contributed by atoms with Crippen LogP contribution in [0.4, 0.5) is 0 Å². The highest BCUT2D eigenvalue weighted by Crippen LogP contribution is 2.04.